The number of aromatic nitrogens is 5. The molecule has 4 aromatic heterocycles. The minimum Gasteiger partial charge on any atom is -0.442 e. The van der Waals surface area contributed by atoms with Gasteiger partial charge in [-0.05, 0) is 64.8 Å². The molecule has 0 spiro atoms. The van der Waals surface area contributed by atoms with Crippen molar-refractivity contribution in [1.82, 2.24) is 24.5 Å². The zero-order chi connectivity index (χ0) is 28.3. The van der Waals surface area contributed by atoms with Gasteiger partial charge >= 0.3 is 6.09 Å². The fourth-order valence-electron chi connectivity index (χ4n) is 5.24. The average molecular weight is 531 g/mol. The van der Waals surface area contributed by atoms with Crippen LogP contribution in [0.2, 0.25) is 0 Å². The van der Waals surface area contributed by atoms with Gasteiger partial charge in [0.1, 0.15) is 11.4 Å². The monoisotopic (exact) mass is 531 g/mol. The van der Waals surface area contributed by atoms with E-state index in [4.69, 9.17) is 29.9 Å². The fourth-order valence-corrected chi connectivity index (χ4v) is 5.24. The second kappa shape index (κ2) is 9.34. The Morgan fingerprint density at radius 1 is 1.13 bits per heavy atom. The van der Waals surface area contributed by atoms with E-state index in [-0.39, 0.29) is 25.7 Å². The standard InChI is InChI=1S/C27H29B2F2N5O3/c1-15-22(16(2)39-34-15)17-10-21-23(32-11-17)20(18-12-33-36(13-18)24(37)38-25(3,4)5)14-35(21)27(28,29)19-6-8-26(30,31)9-7-19/h10-14,19H,6-9H2,1-5H3. The summed E-state index contributed by atoms with van der Waals surface area (Å²) in [4.78, 5) is 17.3. The van der Waals surface area contributed by atoms with E-state index in [0.29, 0.717) is 33.6 Å². The lowest BCUT2D eigenvalue weighted by Crippen LogP contribution is -2.45. The van der Waals surface area contributed by atoms with Crippen LogP contribution in [-0.2, 0) is 10.1 Å². The summed E-state index contributed by atoms with van der Waals surface area (Å²) < 4.78 is 41.5. The molecule has 0 aliphatic heterocycles. The van der Waals surface area contributed by atoms with Crippen LogP contribution in [0, 0.1) is 19.8 Å². The summed E-state index contributed by atoms with van der Waals surface area (Å²) >= 11 is 0. The fraction of sp³-hybridized carbons (Fsp3) is 0.481. The molecule has 4 aromatic rings. The summed E-state index contributed by atoms with van der Waals surface area (Å²) in [6.07, 6.45) is 5.73. The van der Waals surface area contributed by atoms with Crippen LogP contribution >= 0.6 is 0 Å². The molecule has 0 unspecified atom stereocenters. The lowest BCUT2D eigenvalue weighted by atomic mass is 9.52. The summed E-state index contributed by atoms with van der Waals surface area (Å²) in [5.41, 5.74) is 3.95. The first-order valence-electron chi connectivity index (χ1n) is 12.8. The van der Waals surface area contributed by atoms with Gasteiger partial charge in [0.15, 0.2) is 0 Å². The van der Waals surface area contributed by atoms with E-state index < -0.39 is 28.9 Å². The highest BCUT2D eigenvalue weighted by molar-refractivity contribution is 6.38. The number of fused-ring (bicyclic) bond motifs is 1. The predicted octanol–water partition coefficient (Wildman–Crippen LogP) is 5.73. The maximum Gasteiger partial charge on any atom is 0.435 e. The Balaban J connectivity index is 1.63. The van der Waals surface area contributed by atoms with Crippen LogP contribution in [0.3, 0.4) is 0 Å². The van der Waals surface area contributed by atoms with Gasteiger partial charge in [0.25, 0.3) is 0 Å². The summed E-state index contributed by atoms with van der Waals surface area (Å²) in [5, 5.41) is 6.75. The molecule has 8 nitrogen and oxygen atoms in total. The number of hydrogen-bond acceptors (Lipinski definition) is 6. The van der Waals surface area contributed by atoms with Crippen molar-refractivity contribution in [2.75, 3.05) is 0 Å². The van der Waals surface area contributed by atoms with Crippen molar-refractivity contribution in [1.29, 1.82) is 0 Å². The lowest BCUT2D eigenvalue weighted by molar-refractivity contribution is -0.0498. The molecule has 0 bridgehead atoms. The molecule has 0 saturated heterocycles. The second-order valence-corrected chi connectivity index (χ2v) is 11.4. The first-order chi connectivity index (χ1) is 18.2. The Bertz CT molecular complexity index is 1520. The molecule has 1 aliphatic carbocycles. The van der Waals surface area contributed by atoms with Gasteiger partial charge in [-0.2, -0.15) is 9.78 Å². The van der Waals surface area contributed by atoms with Crippen LogP contribution in [-0.4, -0.2) is 57.8 Å². The third-order valence-electron chi connectivity index (χ3n) is 7.22. The molecule has 1 fully saturated rings. The number of aryl methyl sites for hydroxylation is 2. The highest BCUT2D eigenvalue weighted by atomic mass is 19.3. The predicted molar refractivity (Wildman–Crippen MR) is 144 cm³/mol. The first kappa shape index (κ1) is 27.1. The van der Waals surface area contributed by atoms with Crippen molar-refractivity contribution in [3.05, 3.63) is 42.3 Å². The van der Waals surface area contributed by atoms with Crippen LogP contribution in [0.15, 0.2) is 35.4 Å². The number of pyridine rings is 1. The van der Waals surface area contributed by atoms with Gasteiger partial charge in [-0.1, -0.05) is 5.16 Å². The number of ether oxygens (including phenoxy) is 1. The maximum atomic E-state index is 13.9. The smallest absolute Gasteiger partial charge is 0.435 e. The van der Waals surface area contributed by atoms with E-state index in [1.165, 1.54) is 6.20 Å². The normalized spacial score (nSPS) is 16.6. The van der Waals surface area contributed by atoms with Crippen molar-refractivity contribution in [2.45, 2.75) is 77.2 Å². The molecule has 12 heteroatoms. The number of alkyl halides is 2. The number of halogens is 2. The topological polar surface area (TPSA) is 88.0 Å². The van der Waals surface area contributed by atoms with E-state index in [1.807, 2.05) is 19.9 Å². The molecule has 4 heterocycles. The zero-order valence-corrected chi connectivity index (χ0v) is 22.7. The Hall–Kier alpha value is -3.43. The lowest BCUT2D eigenvalue weighted by Gasteiger charge is -2.42. The van der Waals surface area contributed by atoms with Crippen molar-refractivity contribution in [2.24, 2.45) is 5.92 Å². The van der Waals surface area contributed by atoms with Gasteiger partial charge < -0.3 is 13.8 Å². The average Bonchev–Trinajstić information content (AvgIpc) is 3.54. The summed E-state index contributed by atoms with van der Waals surface area (Å²) in [7, 11) is 13.5. The quantitative estimate of drug-likeness (QED) is 0.313. The summed E-state index contributed by atoms with van der Waals surface area (Å²) in [6, 6.07) is 1.89. The molecule has 0 atom stereocenters. The van der Waals surface area contributed by atoms with Crippen molar-refractivity contribution < 1.29 is 22.8 Å². The molecule has 5 rings (SSSR count). The molecule has 0 aromatic carbocycles. The first-order valence-corrected chi connectivity index (χ1v) is 12.8. The van der Waals surface area contributed by atoms with Gasteiger partial charge in [-0.3, -0.25) is 4.98 Å². The Morgan fingerprint density at radius 2 is 1.82 bits per heavy atom. The van der Waals surface area contributed by atoms with E-state index in [0.717, 1.165) is 15.8 Å². The number of carbonyl (C=O) groups excluding carboxylic acids is 1. The van der Waals surface area contributed by atoms with E-state index >= 15 is 0 Å². The van der Waals surface area contributed by atoms with Crippen molar-refractivity contribution in [3.63, 3.8) is 0 Å². The van der Waals surface area contributed by atoms with Crippen LogP contribution in [0.1, 0.15) is 57.9 Å². The summed E-state index contributed by atoms with van der Waals surface area (Å²) in [5.74, 6) is -2.48. The number of carbonyl (C=O) groups is 1. The van der Waals surface area contributed by atoms with Gasteiger partial charge in [0, 0.05) is 53.7 Å². The molecular formula is C27H29B2F2N5O3. The Morgan fingerprint density at radius 3 is 2.44 bits per heavy atom. The summed E-state index contributed by atoms with van der Waals surface area (Å²) in [6.45, 7) is 8.96. The number of rotatable bonds is 4. The number of hydrogen-bond donors (Lipinski definition) is 0. The minimum absolute atomic E-state index is 0.183. The molecular weight excluding hydrogens is 502 g/mol. The van der Waals surface area contributed by atoms with Gasteiger partial charge in [0.05, 0.1) is 38.6 Å². The third-order valence-corrected chi connectivity index (χ3v) is 7.22. The van der Waals surface area contributed by atoms with Gasteiger partial charge in [-0.25, -0.2) is 13.6 Å². The second-order valence-electron chi connectivity index (χ2n) is 11.4. The van der Waals surface area contributed by atoms with Gasteiger partial charge in [-0.15, -0.1) is 0 Å². The molecule has 0 amide bonds. The van der Waals surface area contributed by atoms with Crippen LogP contribution < -0.4 is 0 Å². The zero-order valence-electron chi connectivity index (χ0n) is 22.7. The SMILES string of the molecule is [B]C([B])(C1CCC(F)(F)CC1)n1cc(-c2cnn(C(=O)OC(C)(C)C)c2)c2ncc(-c3c(C)noc3C)cc21. The Labute approximate surface area is 227 Å². The van der Waals surface area contributed by atoms with E-state index in [2.05, 4.69) is 10.3 Å². The largest absolute Gasteiger partial charge is 0.442 e. The van der Waals surface area contributed by atoms with Crippen LogP contribution in [0.4, 0.5) is 13.6 Å². The highest BCUT2D eigenvalue weighted by Crippen LogP contribution is 2.43. The van der Waals surface area contributed by atoms with E-state index in [1.54, 1.807) is 43.9 Å². The van der Waals surface area contributed by atoms with Crippen molar-refractivity contribution >= 4 is 32.8 Å². The molecule has 200 valence electrons. The van der Waals surface area contributed by atoms with E-state index in [9.17, 15) is 13.6 Å². The van der Waals surface area contributed by atoms with Crippen molar-refractivity contribution in [3.8, 4) is 22.3 Å². The Kier molecular flexibility index (Phi) is 6.50. The third kappa shape index (κ3) is 5.13. The van der Waals surface area contributed by atoms with Gasteiger partial charge in [0.2, 0.25) is 5.92 Å². The minimum atomic E-state index is -2.72. The molecule has 0 N–H and O–H groups in total. The molecule has 39 heavy (non-hydrogen) atoms. The van der Waals surface area contributed by atoms with Crippen LogP contribution in [0.25, 0.3) is 33.3 Å². The number of nitrogens with zero attached hydrogens (tertiary/aromatic N) is 5. The molecule has 1 aliphatic rings. The molecule has 1 saturated carbocycles. The van der Waals surface area contributed by atoms with Crippen LogP contribution in [0.5, 0.6) is 0 Å². The molecule has 4 radical (unpaired) electrons. The maximum absolute atomic E-state index is 13.9. The highest BCUT2D eigenvalue weighted by Gasteiger charge is 2.41.